The maximum atomic E-state index is 9.37. The third-order valence-electron chi connectivity index (χ3n) is 8.03. The molecule has 2 heteroatoms. The van der Waals surface area contributed by atoms with Crippen LogP contribution in [0.1, 0.15) is 5.56 Å². The van der Waals surface area contributed by atoms with E-state index in [2.05, 4.69) is 121 Å². The molecule has 0 atom stereocenters. The number of hydrogen-bond acceptors (Lipinski definition) is 2. The van der Waals surface area contributed by atoms with E-state index in [1.165, 1.54) is 43.6 Å². The van der Waals surface area contributed by atoms with Crippen molar-refractivity contribution in [1.82, 2.24) is 4.98 Å². The molecule has 40 heavy (non-hydrogen) atoms. The van der Waals surface area contributed by atoms with Gasteiger partial charge >= 0.3 is 0 Å². The van der Waals surface area contributed by atoms with Crippen LogP contribution in [0.15, 0.2) is 133 Å². The molecule has 7 aromatic carbocycles. The number of benzene rings is 7. The summed E-state index contributed by atoms with van der Waals surface area (Å²) in [6.07, 6.45) is 0. The summed E-state index contributed by atoms with van der Waals surface area (Å²) in [5.74, 6) is 0. The van der Waals surface area contributed by atoms with Gasteiger partial charge in [0, 0.05) is 16.2 Å². The number of rotatable bonds is 2. The second-order valence-corrected chi connectivity index (χ2v) is 10.3. The first-order valence-electron chi connectivity index (χ1n) is 13.5. The van der Waals surface area contributed by atoms with E-state index in [0.29, 0.717) is 5.56 Å². The molecule has 0 fully saturated rings. The van der Waals surface area contributed by atoms with Crippen molar-refractivity contribution in [3.63, 3.8) is 0 Å². The second kappa shape index (κ2) is 8.76. The zero-order chi connectivity index (χ0) is 26.6. The third kappa shape index (κ3) is 3.32. The fourth-order valence-electron chi connectivity index (χ4n) is 6.26. The Bertz CT molecular complexity index is 2270. The molecule has 184 valence electrons. The van der Waals surface area contributed by atoms with Gasteiger partial charge in [0.25, 0.3) is 0 Å². The van der Waals surface area contributed by atoms with E-state index in [-0.39, 0.29) is 0 Å². The van der Waals surface area contributed by atoms with Gasteiger partial charge < -0.3 is 0 Å². The first-order chi connectivity index (χ1) is 19.8. The Morgan fingerprint density at radius 2 is 1.02 bits per heavy atom. The van der Waals surface area contributed by atoms with Gasteiger partial charge in [0.2, 0.25) is 0 Å². The predicted molar refractivity (Wildman–Crippen MR) is 167 cm³/mol. The number of nitriles is 1. The van der Waals surface area contributed by atoms with Gasteiger partial charge in [-0.15, -0.1) is 0 Å². The van der Waals surface area contributed by atoms with Crippen LogP contribution < -0.4 is 0 Å². The summed E-state index contributed by atoms with van der Waals surface area (Å²) in [4.78, 5) is 5.11. The van der Waals surface area contributed by atoms with Crippen LogP contribution in [0, 0.1) is 11.3 Å². The van der Waals surface area contributed by atoms with E-state index >= 15 is 0 Å². The van der Waals surface area contributed by atoms with E-state index in [0.717, 1.165) is 32.8 Å². The van der Waals surface area contributed by atoms with Crippen LogP contribution in [0.25, 0.3) is 76.4 Å². The average molecular weight is 507 g/mol. The number of para-hydroxylation sites is 1. The molecular weight excluding hydrogens is 484 g/mol. The molecule has 0 saturated carbocycles. The highest BCUT2D eigenvalue weighted by molar-refractivity contribution is 6.25. The molecule has 0 saturated heterocycles. The van der Waals surface area contributed by atoms with Crippen LogP contribution in [0.4, 0.5) is 0 Å². The molecule has 0 bridgehead atoms. The first kappa shape index (κ1) is 22.5. The highest BCUT2D eigenvalue weighted by Crippen LogP contribution is 2.46. The van der Waals surface area contributed by atoms with Crippen molar-refractivity contribution in [1.29, 1.82) is 5.26 Å². The zero-order valence-corrected chi connectivity index (χ0v) is 21.6. The number of fused-ring (bicyclic) bond motifs is 6. The van der Waals surface area contributed by atoms with E-state index in [1.807, 2.05) is 18.2 Å². The topological polar surface area (TPSA) is 36.7 Å². The van der Waals surface area contributed by atoms with Crippen LogP contribution in [-0.4, -0.2) is 4.98 Å². The molecule has 1 aromatic heterocycles. The van der Waals surface area contributed by atoms with Crippen molar-refractivity contribution in [3.8, 4) is 28.3 Å². The lowest BCUT2D eigenvalue weighted by atomic mass is 9.84. The lowest BCUT2D eigenvalue weighted by Crippen LogP contribution is -1.93. The van der Waals surface area contributed by atoms with Crippen molar-refractivity contribution in [2.75, 3.05) is 0 Å². The number of aromatic nitrogens is 1. The second-order valence-electron chi connectivity index (χ2n) is 10.3. The Morgan fingerprint density at radius 1 is 0.475 bits per heavy atom. The average Bonchev–Trinajstić information content (AvgIpc) is 3.02. The van der Waals surface area contributed by atoms with E-state index < -0.39 is 0 Å². The molecule has 0 unspecified atom stereocenters. The van der Waals surface area contributed by atoms with Crippen molar-refractivity contribution in [2.24, 2.45) is 0 Å². The molecule has 0 radical (unpaired) electrons. The van der Waals surface area contributed by atoms with Crippen molar-refractivity contribution >= 4 is 54.1 Å². The minimum Gasteiger partial charge on any atom is -0.247 e. The number of nitrogens with zero attached hydrogens (tertiary/aromatic N) is 2. The van der Waals surface area contributed by atoms with Gasteiger partial charge in [0.15, 0.2) is 0 Å². The maximum absolute atomic E-state index is 9.37. The monoisotopic (exact) mass is 506 g/mol. The summed E-state index contributed by atoms with van der Waals surface area (Å²) in [6, 6.07) is 49.1. The van der Waals surface area contributed by atoms with Crippen molar-refractivity contribution < 1.29 is 0 Å². The Balaban J connectivity index is 1.54. The Labute approximate surface area is 231 Å². The molecular formula is C38H22N2. The molecule has 1 heterocycles. The molecule has 2 nitrogen and oxygen atoms in total. The highest BCUT2D eigenvalue weighted by atomic mass is 14.7. The van der Waals surface area contributed by atoms with Crippen LogP contribution in [-0.2, 0) is 0 Å². The van der Waals surface area contributed by atoms with E-state index in [4.69, 9.17) is 4.98 Å². The molecule has 8 rings (SSSR count). The van der Waals surface area contributed by atoms with Crippen molar-refractivity contribution in [2.45, 2.75) is 0 Å². The molecule has 0 aliphatic rings. The third-order valence-corrected chi connectivity index (χ3v) is 8.03. The van der Waals surface area contributed by atoms with Crippen LogP contribution in [0.2, 0.25) is 0 Å². The van der Waals surface area contributed by atoms with E-state index in [9.17, 15) is 5.26 Å². The van der Waals surface area contributed by atoms with Gasteiger partial charge in [0.1, 0.15) is 0 Å². The number of pyridine rings is 1. The molecule has 0 amide bonds. The van der Waals surface area contributed by atoms with Gasteiger partial charge in [-0.25, -0.2) is 4.98 Å². The largest absolute Gasteiger partial charge is 0.247 e. The fourth-order valence-corrected chi connectivity index (χ4v) is 6.26. The quantitative estimate of drug-likeness (QED) is 0.173. The van der Waals surface area contributed by atoms with E-state index in [1.54, 1.807) is 0 Å². The Kier molecular flexibility index (Phi) is 4.92. The van der Waals surface area contributed by atoms with Gasteiger partial charge in [0.05, 0.1) is 22.7 Å². The lowest BCUT2D eigenvalue weighted by Gasteiger charge is -2.19. The Morgan fingerprint density at radius 3 is 1.68 bits per heavy atom. The molecule has 0 spiro atoms. The minimum atomic E-state index is 0.665. The van der Waals surface area contributed by atoms with Crippen LogP contribution >= 0.6 is 0 Å². The maximum Gasteiger partial charge on any atom is 0.0991 e. The van der Waals surface area contributed by atoms with Crippen LogP contribution in [0.3, 0.4) is 0 Å². The number of hydrogen-bond donors (Lipinski definition) is 0. The molecule has 0 N–H and O–H groups in total. The molecule has 8 aromatic rings. The summed E-state index contributed by atoms with van der Waals surface area (Å²) in [7, 11) is 0. The summed E-state index contributed by atoms with van der Waals surface area (Å²) < 4.78 is 0. The fraction of sp³-hybridized carbons (Fsp3) is 0. The molecule has 0 aliphatic carbocycles. The van der Waals surface area contributed by atoms with Gasteiger partial charge in [-0.3, -0.25) is 0 Å². The highest BCUT2D eigenvalue weighted by Gasteiger charge is 2.19. The first-order valence-corrected chi connectivity index (χ1v) is 13.5. The predicted octanol–water partition coefficient (Wildman–Crippen LogP) is 10.1. The van der Waals surface area contributed by atoms with Gasteiger partial charge in [-0.05, 0) is 79.5 Å². The van der Waals surface area contributed by atoms with Gasteiger partial charge in [-0.1, -0.05) is 103 Å². The molecule has 0 aliphatic heterocycles. The van der Waals surface area contributed by atoms with Crippen LogP contribution in [0.5, 0.6) is 0 Å². The normalized spacial score (nSPS) is 11.5. The summed E-state index contributed by atoms with van der Waals surface area (Å²) in [5, 5.41) is 18.8. The lowest BCUT2D eigenvalue weighted by molar-refractivity contribution is 1.49. The zero-order valence-electron chi connectivity index (χ0n) is 21.6. The minimum absolute atomic E-state index is 0.665. The van der Waals surface area contributed by atoms with Crippen molar-refractivity contribution in [3.05, 3.63) is 139 Å². The standard InChI is InChI=1S/C38H22N2/c39-23-24-17-19-25(20-18-24)36-29-11-3-5-13-31(29)37(32-14-6-4-12-30(32)36)34-22-27-21-26-9-1-8-16-35(26)40-38(27)33-15-7-2-10-28(33)34/h1-22H. The summed E-state index contributed by atoms with van der Waals surface area (Å²) >= 11 is 0. The van der Waals surface area contributed by atoms with Gasteiger partial charge in [-0.2, -0.15) is 5.26 Å². The summed E-state index contributed by atoms with van der Waals surface area (Å²) in [6.45, 7) is 0. The Hall–Kier alpha value is -5.52. The SMILES string of the molecule is N#Cc1ccc(-c2c3ccccc3c(-c3cc4cc5ccccc5nc4c4ccccc34)c3ccccc23)cc1. The smallest absolute Gasteiger partial charge is 0.0991 e. The summed E-state index contributed by atoms with van der Waals surface area (Å²) in [5.41, 5.74) is 7.44.